The molecule has 1 aliphatic rings. The lowest BCUT2D eigenvalue weighted by Gasteiger charge is -2.41. The van der Waals surface area contributed by atoms with Crippen LogP contribution in [0.5, 0.6) is 0 Å². The molecule has 0 saturated carbocycles. The first kappa shape index (κ1) is 25.3. The van der Waals surface area contributed by atoms with E-state index in [1.807, 2.05) is 98.4 Å². The summed E-state index contributed by atoms with van der Waals surface area (Å²) in [5, 5.41) is 4.69. The first-order chi connectivity index (χ1) is 17.3. The van der Waals surface area contributed by atoms with Crippen molar-refractivity contribution < 1.29 is 19.1 Å². The summed E-state index contributed by atoms with van der Waals surface area (Å²) >= 11 is 0. The van der Waals surface area contributed by atoms with Gasteiger partial charge in [-0.25, -0.2) is 9.59 Å². The zero-order valence-corrected chi connectivity index (χ0v) is 21.2. The van der Waals surface area contributed by atoms with Gasteiger partial charge >= 0.3 is 12.2 Å². The number of nitrogens with zero attached hydrogens (tertiary/aromatic N) is 4. The molecule has 0 spiro atoms. The van der Waals surface area contributed by atoms with Crippen molar-refractivity contribution in [2.75, 3.05) is 19.6 Å². The lowest BCUT2D eigenvalue weighted by Crippen LogP contribution is -2.57. The van der Waals surface area contributed by atoms with Crippen LogP contribution in [-0.2, 0) is 22.6 Å². The summed E-state index contributed by atoms with van der Waals surface area (Å²) < 4.78 is 13.1. The van der Waals surface area contributed by atoms with Gasteiger partial charge in [-0.05, 0) is 38.8 Å². The monoisotopic (exact) mass is 490 g/mol. The number of ether oxygens (including phenoxy) is 2. The largest absolute Gasteiger partial charge is 0.445 e. The summed E-state index contributed by atoms with van der Waals surface area (Å²) in [4.78, 5) is 29.2. The van der Waals surface area contributed by atoms with Gasteiger partial charge in [0.15, 0.2) is 0 Å². The predicted octanol–water partition coefficient (Wildman–Crippen LogP) is 5.20. The Bertz CT molecular complexity index is 1140. The molecule has 0 radical (unpaired) electrons. The molecular formula is C28H34N4O4. The SMILES string of the molecule is CC(C)(C)OC(=O)N1CCN(C(=O)OCc2ccccc2)C[C@H]1CCn1ccc(-c2ccccc2)n1. The molecule has 1 fully saturated rings. The molecule has 4 rings (SSSR count). The average molecular weight is 491 g/mol. The topological polar surface area (TPSA) is 76.9 Å². The van der Waals surface area contributed by atoms with E-state index in [0.29, 0.717) is 32.6 Å². The van der Waals surface area contributed by atoms with Gasteiger partial charge in [0.1, 0.15) is 12.2 Å². The fourth-order valence-electron chi connectivity index (χ4n) is 4.17. The molecule has 1 aromatic heterocycles. The van der Waals surface area contributed by atoms with E-state index < -0.39 is 5.60 Å². The zero-order chi connectivity index (χ0) is 25.5. The normalized spacial score (nSPS) is 16.0. The lowest BCUT2D eigenvalue weighted by atomic mass is 10.1. The van der Waals surface area contributed by atoms with Gasteiger partial charge in [0.05, 0.1) is 11.7 Å². The van der Waals surface area contributed by atoms with Crippen LogP contribution in [0.1, 0.15) is 32.8 Å². The minimum atomic E-state index is -0.597. The van der Waals surface area contributed by atoms with Gasteiger partial charge in [0.2, 0.25) is 0 Å². The third kappa shape index (κ3) is 6.87. The number of hydrogen-bond acceptors (Lipinski definition) is 5. The highest BCUT2D eigenvalue weighted by Crippen LogP contribution is 2.21. The van der Waals surface area contributed by atoms with Crippen LogP contribution in [-0.4, -0.2) is 63.0 Å². The third-order valence-corrected chi connectivity index (χ3v) is 5.98. The van der Waals surface area contributed by atoms with Gasteiger partial charge in [0.25, 0.3) is 0 Å². The maximum Gasteiger partial charge on any atom is 0.410 e. The minimum Gasteiger partial charge on any atom is -0.445 e. The molecule has 3 aromatic rings. The Kier molecular flexibility index (Phi) is 7.93. The second-order valence-electron chi connectivity index (χ2n) is 9.93. The molecule has 8 heteroatoms. The molecule has 36 heavy (non-hydrogen) atoms. The predicted molar refractivity (Wildman–Crippen MR) is 137 cm³/mol. The Hall–Kier alpha value is -3.81. The molecule has 0 unspecified atom stereocenters. The van der Waals surface area contributed by atoms with Crippen LogP contribution >= 0.6 is 0 Å². The Labute approximate surface area is 212 Å². The Balaban J connectivity index is 1.41. The maximum atomic E-state index is 13.0. The number of aryl methyl sites for hydroxylation is 1. The zero-order valence-electron chi connectivity index (χ0n) is 21.2. The van der Waals surface area contributed by atoms with Gasteiger partial charge < -0.3 is 19.3 Å². The Morgan fingerprint density at radius 1 is 0.944 bits per heavy atom. The summed E-state index contributed by atoms with van der Waals surface area (Å²) in [7, 11) is 0. The van der Waals surface area contributed by atoms with E-state index in [9.17, 15) is 9.59 Å². The molecule has 0 aliphatic carbocycles. The van der Waals surface area contributed by atoms with Crippen LogP contribution in [0, 0.1) is 0 Å². The molecule has 2 aromatic carbocycles. The molecule has 1 atom stereocenters. The van der Waals surface area contributed by atoms with Gasteiger partial charge in [0, 0.05) is 37.9 Å². The summed E-state index contributed by atoms with van der Waals surface area (Å²) in [5.41, 5.74) is 2.29. The average Bonchev–Trinajstić information content (AvgIpc) is 3.35. The molecular weight excluding hydrogens is 456 g/mol. The smallest absolute Gasteiger partial charge is 0.410 e. The second-order valence-corrected chi connectivity index (χ2v) is 9.93. The quantitative estimate of drug-likeness (QED) is 0.475. The van der Waals surface area contributed by atoms with Crippen LogP contribution in [0.15, 0.2) is 72.9 Å². The number of piperazine rings is 1. The van der Waals surface area contributed by atoms with E-state index in [-0.39, 0.29) is 24.8 Å². The molecule has 2 heterocycles. The van der Waals surface area contributed by atoms with E-state index >= 15 is 0 Å². The highest BCUT2D eigenvalue weighted by atomic mass is 16.6. The summed E-state index contributed by atoms with van der Waals surface area (Å²) in [5.74, 6) is 0. The van der Waals surface area contributed by atoms with E-state index in [1.165, 1.54) is 0 Å². The molecule has 1 aliphatic heterocycles. The number of aromatic nitrogens is 2. The summed E-state index contributed by atoms with van der Waals surface area (Å²) in [6.45, 7) is 7.52. The fourth-order valence-corrected chi connectivity index (χ4v) is 4.17. The van der Waals surface area contributed by atoms with Crippen molar-refractivity contribution in [3.63, 3.8) is 0 Å². The summed E-state index contributed by atoms with van der Waals surface area (Å²) in [6, 6.07) is 21.4. The molecule has 8 nitrogen and oxygen atoms in total. The van der Waals surface area contributed by atoms with E-state index in [4.69, 9.17) is 9.47 Å². The standard InChI is InChI=1S/C28H34N4O4/c1-28(2,3)36-27(34)32-19-18-30(26(33)35-21-22-10-6-4-7-11-22)20-24(32)14-16-31-17-15-25(29-31)23-12-8-5-9-13-23/h4-13,15,17,24H,14,16,18-21H2,1-3H3/t24-/m1/s1. The van der Waals surface area contributed by atoms with Gasteiger partial charge in [-0.2, -0.15) is 5.10 Å². The minimum absolute atomic E-state index is 0.214. The Morgan fingerprint density at radius 3 is 2.33 bits per heavy atom. The number of carbonyl (C=O) groups is 2. The van der Waals surface area contributed by atoms with Crippen LogP contribution < -0.4 is 0 Å². The van der Waals surface area contributed by atoms with Gasteiger partial charge in [-0.3, -0.25) is 4.68 Å². The summed E-state index contributed by atoms with van der Waals surface area (Å²) in [6.07, 6.45) is 1.82. The first-order valence-corrected chi connectivity index (χ1v) is 12.3. The molecule has 0 N–H and O–H groups in total. The van der Waals surface area contributed by atoms with Crippen molar-refractivity contribution >= 4 is 12.2 Å². The van der Waals surface area contributed by atoms with Crippen molar-refractivity contribution in [2.45, 2.75) is 52.0 Å². The van der Waals surface area contributed by atoms with Gasteiger partial charge in [-0.15, -0.1) is 0 Å². The molecule has 1 saturated heterocycles. The van der Waals surface area contributed by atoms with Crippen molar-refractivity contribution in [1.82, 2.24) is 19.6 Å². The molecule has 0 bridgehead atoms. The molecule has 2 amide bonds. The Morgan fingerprint density at radius 2 is 1.64 bits per heavy atom. The van der Waals surface area contributed by atoms with E-state index in [2.05, 4.69) is 5.10 Å². The van der Waals surface area contributed by atoms with Crippen LogP contribution in [0.3, 0.4) is 0 Å². The number of hydrogen-bond donors (Lipinski definition) is 0. The highest BCUT2D eigenvalue weighted by Gasteiger charge is 2.35. The van der Waals surface area contributed by atoms with Crippen molar-refractivity contribution in [1.29, 1.82) is 0 Å². The number of benzene rings is 2. The van der Waals surface area contributed by atoms with Gasteiger partial charge in [-0.1, -0.05) is 60.7 Å². The maximum absolute atomic E-state index is 13.0. The number of carbonyl (C=O) groups excluding carboxylic acids is 2. The highest BCUT2D eigenvalue weighted by molar-refractivity contribution is 5.71. The number of rotatable bonds is 6. The number of amides is 2. The lowest BCUT2D eigenvalue weighted by molar-refractivity contribution is -0.00513. The van der Waals surface area contributed by atoms with E-state index in [1.54, 1.807) is 9.80 Å². The van der Waals surface area contributed by atoms with Crippen LogP contribution in [0.2, 0.25) is 0 Å². The second kappa shape index (κ2) is 11.3. The van der Waals surface area contributed by atoms with Crippen molar-refractivity contribution in [3.8, 4) is 11.3 Å². The van der Waals surface area contributed by atoms with Crippen molar-refractivity contribution in [3.05, 3.63) is 78.5 Å². The van der Waals surface area contributed by atoms with Crippen LogP contribution in [0.25, 0.3) is 11.3 Å². The fraction of sp³-hybridized carbons (Fsp3) is 0.393. The first-order valence-electron chi connectivity index (χ1n) is 12.3. The third-order valence-electron chi connectivity index (χ3n) is 5.98. The molecule has 190 valence electrons. The van der Waals surface area contributed by atoms with Crippen LogP contribution in [0.4, 0.5) is 9.59 Å². The van der Waals surface area contributed by atoms with Crippen molar-refractivity contribution in [2.24, 2.45) is 0 Å². The van der Waals surface area contributed by atoms with E-state index in [0.717, 1.165) is 16.8 Å².